The number of hydrogen-bond acceptors (Lipinski definition) is 5. The molecule has 0 fully saturated rings. The highest BCUT2D eigenvalue weighted by atomic mass is 16.5. The van der Waals surface area contributed by atoms with Crippen molar-refractivity contribution in [1.82, 2.24) is 5.16 Å². The van der Waals surface area contributed by atoms with Crippen LogP contribution in [0.15, 0.2) is 34.9 Å². The van der Waals surface area contributed by atoms with Crippen LogP contribution in [0.1, 0.15) is 30.0 Å². The van der Waals surface area contributed by atoms with Crippen LogP contribution in [0, 0.1) is 6.92 Å². The van der Waals surface area contributed by atoms with Crippen LogP contribution < -0.4 is 10.6 Å². The zero-order chi connectivity index (χ0) is 15.4. The van der Waals surface area contributed by atoms with Gasteiger partial charge < -0.3 is 15.2 Å². The predicted molar refractivity (Wildman–Crippen MR) is 79.4 cm³/mol. The van der Waals surface area contributed by atoms with Crippen molar-refractivity contribution in [2.45, 2.75) is 26.8 Å². The minimum absolute atomic E-state index is 0.0196. The van der Waals surface area contributed by atoms with Crippen LogP contribution in [0.4, 0.5) is 11.5 Å². The number of carbonyl (C=O) groups excluding carboxylic acids is 2. The van der Waals surface area contributed by atoms with Crippen molar-refractivity contribution in [2.24, 2.45) is 0 Å². The molecule has 0 radical (unpaired) electrons. The topological polar surface area (TPSA) is 84.2 Å². The third kappa shape index (κ3) is 3.92. The Bertz CT molecular complexity index is 664. The summed E-state index contributed by atoms with van der Waals surface area (Å²) in [5.41, 5.74) is 1.31. The van der Waals surface area contributed by atoms with Gasteiger partial charge in [0, 0.05) is 17.3 Å². The van der Waals surface area contributed by atoms with Crippen molar-refractivity contribution >= 4 is 23.2 Å². The molecule has 1 heterocycles. The van der Waals surface area contributed by atoms with Gasteiger partial charge in [-0.05, 0) is 32.9 Å². The molecule has 21 heavy (non-hydrogen) atoms. The van der Waals surface area contributed by atoms with E-state index in [1.807, 2.05) is 0 Å². The van der Waals surface area contributed by atoms with Gasteiger partial charge in [-0.3, -0.25) is 9.59 Å². The fraction of sp³-hybridized carbons (Fsp3) is 0.267. The number of amides is 1. The van der Waals surface area contributed by atoms with Crippen LogP contribution in [0.5, 0.6) is 0 Å². The number of hydrogen-bond donors (Lipinski definition) is 2. The summed E-state index contributed by atoms with van der Waals surface area (Å²) in [7, 11) is 0. The second-order valence-corrected chi connectivity index (χ2v) is 4.82. The van der Waals surface area contributed by atoms with Gasteiger partial charge in [0.05, 0.1) is 0 Å². The average molecular weight is 287 g/mol. The zero-order valence-electron chi connectivity index (χ0n) is 12.1. The maximum Gasteiger partial charge on any atom is 0.247 e. The quantitative estimate of drug-likeness (QED) is 0.826. The van der Waals surface area contributed by atoms with E-state index >= 15 is 0 Å². The van der Waals surface area contributed by atoms with Gasteiger partial charge in [0.2, 0.25) is 5.91 Å². The van der Waals surface area contributed by atoms with Crippen molar-refractivity contribution in [3.05, 3.63) is 41.7 Å². The van der Waals surface area contributed by atoms with Gasteiger partial charge in [-0.15, -0.1) is 0 Å². The molecule has 110 valence electrons. The van der Waals surface area contributed by atoms with Gasteiger partial charge in [0.25, 0.3) is 0 Å². The highest BCUT2D eigenvalue weighted by Crippen LogP contribution is 2.13. The molecule has 1 atom stereocenters. The Morgan fingerprint density at radius 2 is 2.05 bits per heavy atom. The predicted octanol–water partition coefficient (Wildman–Crippen LogP) is 2.62. The fourth-order valence-corrected chi connectivity index (χ4v) is 1.80. The highest BCUT2D eigenvalue weighted by molar-refractivity contribution is 5.97. The average Bonchev–Trinajstić information content (AvgIpc) is 2.84. The van der Waals surface area contributed by atoms with Crippen LogP contribution in [0.25, 0.3) is 0 Å². The van der Waals surface area contributed by atoms with Crippen LogP contribution in [-0.2, 0) is 4.79 Å². The number of benzene rings is 1. The monoisotopic (exact) mass is 287 g/mol. The number of anilines is 2. The molecule has 1 aromatic heterocycles. The first-order chi connectivity index (χ1) is 9.95. The van der Waals surface area contributed by atoms with Gasteiger partial charge in [-0.25, -0.2) is 0 Å². The minimum atomic E-state index is -0.482. The number of Topliss-reactive ketones (excluding diaryl/α,β-unsaturated/α-hetero) is 1. The van der Waals surface area contributed by atoms with Crippen LogP contribution in [0.3, 0.4) is 0 Å². The number of carbonyl (C=O) groups is 2. The van der Waals surface area contributed by atoms with E-state index in [0.29, 0.717) is 22.8 Å². The Balaban J connectivity index is 2.00. The molecule has 1 aromatic carbocycles. The van der Waals surface area contributed by atoms with E-state index in [-0.39, 0.29) is 11.7 Å². The molecule has 0 spiro atoms. The first-order valence-electron chi connectivity index (χ1n) is 6.57. The van der Waals surface area contributed by atoms with Crippen molar-refractivity contribution in [3.8, 4) is 0 Å². The Morgan fingerprint density at radius 1 is 1.29 bits per heavy atom. The molecule has 0 bridgehead atoms. The molecule has 0 saturated carbocycles. The number of nitrogens with one attached hydrogen (secondary N) is 2. The summed E-state index contributed by atoms with van der Waals surface area (Å²) >= 11 is 0. The maximum absolute atomic E-state index is 12.0. The molecule has 1 amide bonds. The highest BCUT2D eigenvalue weighted by Gasteiger charge is 2.14. The van der Waals surface area contributed by atoms with Crippen molar-refractivity contribution in [3.63, 3.8) is 0 Å². The van der Waals surface area contributed by atoms with E-state index in [0.717, 1.165) is 0 Å². The number of rotatable bonds is 5. The number of ketones is 1. The maximum atomic E-state index is 12.0. The van der Waals surface area contributed by atoms with E-state index in [2.05, 4.69) is 15.8 Å². The lowest BCUT2D eigenvalue weighted by Crippen LogP contribution is -2.32. The van der Waals surface area contributed by atoms with E-state index in [4.69, 9.17) is 4.52 Å². The molecule has 0 aliphatic carbocycles. The normalized spacial score (nSPS) is 11.8. The zero-order valence-corrected chi connectivity index (χ0v) is 12.1. The lowest BCUT2D eigenvalue weighted by atomic mass is 10.1. The summed E-state index contributed by atoms with van der Waals surface area (Å²) in [4.78, 5) is 23.4. The van der Waals surface area contributed by atoms with Crippen LogP contribution in [-0.4, -0.2) is 22.9 Å². The molecule has 2 rings (SSSR count). The molecule has 1 unspecified atom stereocenters. The molecule has 2 N–H and O–H groups in total. The van der Waals surface area contributed by atoms with E-state index in [9.17, 15) is 9.59 Å². The number of nitrogens with zero attached hydrogens (tertiary/aromatic N) is 1. The lowest BCUT2D eigenvalue weighted by Gasteiger charge is -2.14. The molecule has 2 aromatic rings. The molecule has 6 heteroatoms. The van der Waals surface area contributed by atoms with Gasteiger partial charge >= 0.3 is 0 Å². The van der Waals surface area contributed by atoms with Crippen molar-refractivity contribution < 1.29 is 14.1 Å². The summed E-state index contributed by atoms with van der Waals surface area (Å²) in [6, 6.07) is 8.18. The van der Waals surface area contributed by atoms with E-state index in [1.165, 1.54) is 6.92 Å². The Morgan fingerprint density at radius 3 is 2.67 bits per heavy atom. The summed E-state index contributed by atoms with van der Waals surface area (Å²) in [5.74, 6) is 0.745. The molecule has 0 aliphatic heterocycles. The summed E-state index contributed by atoms with van der Waals surface area (Å²) in [6.45, 7) is 4.97. The number of aryl methyl sites for hydroxylation is 1. The first-order valence-corrected chi connectivity index (χ1v) is 6.57. The second kappa shape index (κ2) is 6.21. The van der Waals surface area contributed by atoms with Gasteiger partial charge in [0.15, 0.2) is 11.6 Å². The Labute approximate surface area is 122 Å². The third-order valence-corrected chi connectivity index (χ3v) is 2.92. The fourth-order valence-electron chi connectivity index (χ4n) is 1.80. The third-order valence-electron chi connectivity index (χ3n) is 2.92. The molecule has 0 aliphatic rings. The molecule has 6 nitrogen and oxygen atoms in total. The summed E-state index contributed by atoms with van der Waals surface area (Å²) in [6.07, 6.45) is 0. The summed E-state index contributed by atoms with van der Waals surface area (Å²) < 4.78 is 4.88. The van der Waals surface area contributed by atoms with Crippen molar-refractivity contribution in [1.29, 1.82) is 0 Å². The molecule has 0 saturated heterocycles. The van der Waals surface area contributed by atoms with Gasteiger partial charge in [-0.1, -0.05) is 17.3 Å². The van der Waals surface area contributed by atoms with Gasteiger partial charge in [-0.2, -0.15) is 0 Å². The first kappa shape index (κ1) is 14.8. The van der Waals surface area contributed by atoms with E-state index in [1.54, 1.807) is 44.2 Å². The standard InChI is InChI=1S/C15H17N3O3/c1-9-7-14(18-21-9)17-15(20)10(2)16-13-6-4-5-12(8-13)11(3)19/h4-8,10,16H,1-3H3,(H,17,18,20). The van der Waals surface area contributed by atoms with E-state index < -0.39 is 6.04 Å². The van der Waals surface area contributed by atoms with Gasteiger partial charge in [0.1, 0.15) is 11.8 Å². The minimum Gasteiger partial charge on any atom is -0.374 e. The van der Waals surface area contributed by atoms with Crippen molar-refractivity contribution in [2.75, 3.05) is 10.6 Å². The summed E-state index contributed by atoms with van der Waals surface area (Å²) in [5, 5.41) is 9.39. The number of aromatic nitrogens is 1. The SMILES string of the molecule is CC(=O)c1cccc(NC(C)C(=O)Nc2cc(C)on2)c1. The Kier molecular flexibility index (Phi) is 4.37. The lowest BCUT2D eigenvalue weighted by molar-refractivity contribution is -0.116. The van der Waals surface area contributed by atoms with Crippen LogP contribution >= 0.6 is 0 Å². The largest absolute Gasteiger partial charge is 0.374 e. The smallest absolute Gasteiger partial charge is 0.247 e. The molecular formula is C15H17N3O3. The Hall–Kier alpha value is -2.63. The second-order valence-electron chi connectivity index (χ2n) is 4.82. The molecular weight excluding hydrogens is 270 g/mol. The van der Waals surface area contributed by atoms with Crippen LogP contribution in [0.2, 0.25) is 0 Å².